The molecule has 3 atom stereocenters. The lowest BCUT2D eigenvalue weighted by molar-refractivity contribution is 0.519. The van der Waals surface area contributed by atoms with Crippen LogP contribution in [0.1, 0.15) is 19.3 Å². The molecular weight excluding hydrogens is 110 g/mol. The summed E-state index contributed by atoms with van der Waals surface area (Å²) in [7, 11) is 0. The van der Waals surface area contributed by atoms with E-state index in [9.17, 15) is 0 Å². The first kappa shape index (κ1) is 5.48. The summed E-state index contributed by atoms with van der Waals surface area (Å²) in [5, 5.41) is 0. The van der Waals surface area contributed by atoms with Gasteiger partial charge >= 0.3 is 0 Å². The molecule has 0 aliphatic heterocycles. The molecule has 0 spiro atoms. The Morgan fingerprint density at radius 1 is 1.33 bits per heavy atom. The summed E-state index contributed by atoms with van der Waals surface area (Å²) in [5.74, 6) is 1.65. The molecule has 50 valence electrons. The van der Waals surface area contributed by atoms with E-state index >= 15 is 0 Å². The minimum atomic E-state index is 0.480. The highest BCUT2D eigenvalue weighted by Gasteiger charge is 2.31. The second kappa shape index (κ2) is 1.84. The zero-order valence-electron chi connectivity index (χ0n) is 5.59. The van der Waals surface area contributed by atoms with Crippen molar-refractivity contribution in [2.75, 3.05) is 0 Å². The van der Waals surface area contributed by atoms with Crippen LogP contribution >= 0.6 is 0 Å². The highest BCUT2D eigenvalue weighted by atomic mass is 14.7. The van der Waals surface area contributed by atoms with Gasteiger partial charge in [-0.1, -0.05) is 12.2 Å². The Labute approximate surface area is 55.9 Å². The summed E-state index contributed by atoms with van der Waals surface area (Å²) in [6.07, 6.45) is 8.50. The topological polar surface area (TPSA) is 26.0 Å². The Morgan fingerprint density at radius 3 is 2.89 bits per heavy atom. The van der Waals surface area contributed by atoms with Crippen molar-refractivity contribution >= 4 is 0 Å². The fourth-order valence-corrected chi connectivity index (χ4v) is 2.08. The average Bonchev–Trinajstić information content (AvgIpc) is 2.09. The van der Waals surface area contributed by atoms with Gasteiger partial charge in [0.05, 0.1) is 0 Å². The van der Waals surface area contributed by atoms with Crippen molar-refractivity contribution in [1.29, 1.82) is 0 Å². The molecule has 1 heteroatoms. The summed E-state index contributed by atoms with van der Waals surface area (Å²) in [4.78, 5) is 0. The molecule has 0 aromatic heterocycles. The molecule has 2 aliphatic carbocycles. The van der Waals surface area contributed by atoms with E-state index in [2.05, 4.69) is 12.2 Å². The molecule has 0 aromatic rings. The van der Waals surface area contributed by atoms with Crippen LogP contribution in [0, 0.1) is 11.8 Å². The summed E-state index contributed by atoms with van der Waals surface area (Å²) < 4.78 is 0. The largest absolute Gasteiger partial charge is 0.327 e. The van der Waals surface area contributed by atoms with E-state index in [1.165, 1.54) is 19.3 Å². The van der Waals surface area contributed by atoms with Crippen LogP contribution in [0.5, 0.6) is 0 Å². The van der Waals surface area contributed by atoms with E-state index in [0.717, 1.165) is 11.8 Å². The lowest BCUT2D eigenvalue weighted by Gasteiger charge is -2.11. The molecular formula is C8H13N. The summed E-state index contributed by atoms with van der Waals surface area (Å²) >= 11 is 0. The van der Waals surface area contributed by atoms with E-state index in [1.807, 2.05) is 0 Å². The predicted octanol–water partition coefficient (Wildman–Crippen LogP) is 1.30. The third-order valence-electron chi connectivity index (χ3n) is 2.61. The van der Waals surface area contributed by atoms with E-state index in [4.69, 9.17) is 5.73 Å². The lowest BCUT2D eigenvalue weighted by atomic mass is 9.95. The fraction of sp³-hybridized carbons (Fsp3) is 0.750. The predicted molar refractivity (Wildman–Crippen MR) is 37.9 cm³/mol. The molecule has 0 radical (unpaired) electrons. The van der Waals surface area contributed by atoms with Crippen LogP contribution in [0.4, 0.5) is 0 Å². The van der Waals surface area contributed by atoms with E-state index in [-0.39, 0.29) is 0 Å². The third kappa shape index (κ3) is 0.799. The van der Waals surface area contributed by atoms with Crippen molar-refractivity contribution in [3.05, 3.63) is 12.2 Å². The van der Waals surface area contributed by atoms with Crippen LogP contribution in [-0.4, -0.2) is 6.04 Å². The normalized spacial score (nSPS) is 47.9. The second-order valence-electron chi connectivity index (χ2n) is 3.33. The maximum atomic E-state index is 5.87. The van der Waals surface area contributed by atoms with Crippen molar-refractivity contribution in [1.82, 2.24) is 0 Å². The Kier molecular flexibility index (Phi) is 1.12. The molecule has 2 aliphatic rings. The first-order valence-electron chi connectivity index (χ1n) is 3.78. The second-order valence-corrected chi connectivity index (χ2v) is 3.33. The quantitative estimate of drug-likeness (QED) is 0.483. The van der Waals surface area contributed by atoms with Crippen molar-refractivity contribution in [3.63, 3.8) is 0 Å². The first-order valence-corrected chi connectivity index (χ1v) is 3.78. The third-order valence-corrected chi connectivity index (χ3v) is 2.61. The van der Waals surface area contributed by atoms with Gasteiger partial charge in [-0.05, 0) is 31.1 Å². The smallest absolute Gasteiger partial charge is 0.0105 e. The van der Waals surface area contributed by atoms with Crippen LogP contribution in [-0.2, 0) is 0 Å². The molecule has 0 saturated heterocycles. The van der Waals surface area contributed by atoms with Gasteiger partial charge in [0.15, 0.2) is 0 Å². The zero-order valence-corrected chi connectivity index (χ0v) is 5.59. The average molecular weight is 123 g/mol. The number of nitrogens with two attached hydrogens (primary N) is 1. The maximum absolute atomic E-state index is 5.87. The summed E-state index contributed by atoms with van der Waals surface area (Å²) in [6.45, 7) is 0. The number of hydrogen-bond acceptors (Lipinski definition) is 1. The van der Waals surface area contributed by atoms with E-state index in [1.54, 1.807) is 0 Å². The zero-order chi connectivity index (χ0) is 6.27. The van der Waals surface area contributed by atoms with Crippen LogP contribution in [0.25, 0.3) is 0 Å². The van der Waals surface area contributed by atoms with Gasteiger partial charge in [0, 0.05) is 6.04 Å². The van der Waals surface area contributed by atoms with Crippen molar-refractivity contribution in [3.8, 4) is 0 Å². The Balaban J connectivity index is 2.18. The van der Waals surface area contributed by atoms with Crippen molar-refractivity contribution in [2.45, 2.75) is 25.3 Å². The van der Waals surface area contributed by atoms with Crippen LogP contribution in [0.2, 0.25) is 0 Å². The van der Waals surface area contributed by atoms with Crippen LogP contribution in [0.15, 0.2) is 12.2 Å². The van der Waals surface area contributed by atoms with Gasteiger partial charge in [-0.15, -0.1) is 0 Å². The van der Waals surface area contributed by atoms with Gasteiger partial charge in [-0.3, -0.25) is 0 Å². The first-order chi connectivity index (χ1) is 4.36. The Hall–Kier alpha value is -0.300. The van der Waals surface area contributed by atoms with Gasteiger partial charge in [0.25, 0.3) is 0 Å². The van der Waals surface area contributed by atoms with Crippen LogP contribution in [0.3, 0.4) is 0 Å². The maximum Gasteiger partial charge on any atom is 0.0105 e. The molecule has 1 fully saturated rings. The molecule has 3 unspecified atom stereocenters. The molecule has 1 nitrogen and oxygen atoms in total. The monoisotopic (exact) mass is 123 g/mol. The molecule has 2 bridgehead atoms. The minimum absolute atomic E-state index is 0.480. The molecule has 2 rings (SSSR count). The molecule has 0 heterocycles. The Bertz CT molecular complexity index is 140. The van der Waals surface area contributed by atoms with Gasteiger partial charge in [0.1, 0.15) is 0 Å². The number of allylic oxidation sites excluding steroid dienone is 1. The van der Waals surface area contributed by atoms with Gasteiger partial charge < -0.3 is 5.73 Å². The Morgan fingerprint density at radius 2 is 2.22 bits per heavy atom. The van der Waals surface area contributed by atoms with Crippen LogP contribution < -0.4 is 5.73 Å². The minimum Gasteiger partial charge on any atom is -0.327 e. The highest BCUT2D eigenvalue weighted by molar-refractivity contribution is 5.05. The fourth-order valence-electron chi connectivity index (χ4n) is 2.08. The van der Waals surface area contributed by atoms with E-state index < -0.39 is 0 Å². The SMILES string of the molecule is NC1CC2CC=CC1C2. The summed E-state index contributed by atoms with van der Waals surface area (Å²) in [5.41, 5.74) is 5.87. The lowest BCUT2D eigenvalue weighted by Crippen LogP contribution is -2.22. The molecule has 2 N–H and O–H groups in total. The van der Waals surface area contributed by atoms with Gasteiger partial charge in [-0.25, -0.2) is 0 Å². The molecule has 9 heavy (non-hydrogen) atoms. The van der Waals surface area contributed by atoms with Crippen molar-refractivity contribution < 1.29 is 0 Å². The highest BCUT2D eigenvalue weighted by Crippen LogP contribution is 2.36. The summed E-state index contributed by atoms with van der Waals surface area (Å²) in [6, 6.07) is 0.480. The van der Waals surface area contributed by atoms with Gasteiger partial charge in [-0.2, -0.15) is 0 Å². The molecule has 0 aromatic carbocycles. The number of hydrogen-bond donors (Lipinski definition) is 1. The molecule has 1 saturated carbocycles. The number of fused-ring (bicyclic) bond motifs is 2. The standard InChI is InChI=1S/C8H13N/c9-8-5-6-2-1-3-7(8)4-6/h1,3,6-8H,2,4-5,9H2. The van der Waals surface area contributed by atoms with E-state index in [0.29, 0.717) is 6.04 Å². The van der Waals surface area contributed by atoms with Crippen molar-refractivity contribution in [2.24, 2.45) is 17.6 Å². The molecule has 0 amide bonds. The number of rotatable bonds is 0. The van der Waals surface area contributed by atoms with Gasteiger partial charge in [0.2, 0.25) is 0 Å².